The predicted octanol–water partition coefficient (Wildman–Crippen LogP) is 3.69. The van der Waals surface area contributed by atoms with Gasteiger partial charge in [0.15, 0.2) is 0 Å². The van der Waals surface area contributed by atoms with Gasteiger partial charge < -0.3 is 0 Å². The maximum Gasteiger partial charge on any atom is 0.128 e. The number of nitrogens with two attached hydrogens (primary N) is 1. The van der Waals surface area contributed by atoms with E-state index in [-0.39, 0.29) is 5.82 Å². The quantitative estimate of drug-likeness (QED) is 0.562. The van der Waals surface area contributed by atoms with Gasteiger partial charge in [0.2, 0.25) is 0 Å². The van der Waals surface area contributed by atoms with Crippen LogP contribution >= 0.6 is 15.9 Å². The van der Waals surface area contributed by atoms with Crippen LogP contribution in [0.5, 0.6) is 0 Å². The molecule has 3 rings (SSSR count). The lowest BCUT2D eigenvalue weighted by Crippen LogP contribution is -2.29. The molecule has 0 saturated carbocycles. The number of halogens is 2. The van der Waals surface area contributed by atoms with Crippen LogP contribution < -0.4 is 11.3 Å². The molecule has 0 aliphatic heterocycles. The molecule has 0 amide bonds. The minimum Gasteiger partial charge on any atom is -0.271 e. The van der Waals surface area contributed by atoms with Crippen molar-refractivity contribution in [2.24, 2.45) is 5.84 Å². The maximum absolute atomic E-state index is 14.1. The summed E-state index contributed by atoms with van der Waals surface area (Å²) in [7, 11) is 0. The average molecular weight is 346 g/mol. The third-order valence-corrected chi connectivity index (χ3v) is 3.89. The number of hydrogen-bond acceptors (Lipinski definition) is 3. The lowest BCUT2D eigenvalue weighted by molar-refractivity contribution is 0.560. The Morgan fingerprint density at radius 3 is 2.81 bits per heavy atom. The van der Waals surface area contributed by atoms with Gasteiger partial charge in [-0.3, -0.25) is 10.8 Å². The van der Waals surface area contributed by atoms with Crippen molar-refractivity contribution in [1.29, 1.82) is 0 Å². The first-order valence-corrected chi connectivity index (χ1v) is 7.24. The molecule has 0 aliphatic rings. The molecule has 5 heteroatoms. The van der Waals surface area contributed by atoms with Crippen LogP contribution in [-0.2, 0) is 0 Å². The normalized spacial score (nSPS) is 12.5. The molecule has 0 aliphatic carbocycles. The summed E-state index contributed by atoms with van der Waals surface area (Å²) in [6.45, 7) is 0. The van der Waals surface area contributed by atoms with Gasteiger partial charge in [-0.15, -0.1) is 0 Å². The van der Waals surface area contributed by atoms with E-state index in [9.17, 15) is 4.39 Å². The monoisotopic (exact) mass is 345 g/mol. The van der Waals surface area contributed by atoms with Crippen molar-refractivity contribution >= 4 is 26.8 Å². The molecule has 1 unspecified atom stereocenters. The highest BCUT2D eigenvalue weighted by Gasteiger charge is 2.17. The van der Waals surface area contributed by atoms with E-state index in [2.05, 4.69) is 26.3 Å². The van der Waals surface area contributed by atoms with Crippen molar-refractivity contribution in [2.45, 2.75) is 6.04 Å². The molecule has 3 aromatic rings. The van der Waals surface area contributed by atoms with E-state index < -0.39 is 6.04 Å². The van der Waals surface area contributed by atoms with Gasteiger partial charge >= 0.3 is 0 Å². The lowest BCUT2D eigenvalue weighted by Gasteiger charge is -2.18. The second kappa shape index (κ2) is 5.89. The first-order valence-electron chi connectivity index (χ1n) is 6.45. The molecule has 3 nitrogen and oxygen atoms in total. The Morgan fingerprint density at radius 2 is 2.00 bits per heavy atom. The summed E-state index contributed by atoms with van der Waals surface area (Å²) in [4.78, 5) is 4.32. The van der Waals surface area contributed by atoms with E-state index in [1.807, 2.05) is 30.3 Å². The third-order valence-electron chi connectivity index (χ3n) is 3.40. The molecule has 21 heavy (non-hydrogen) atoms. The Bertz CT molecular complexity index is 791. The zero-order valence-electron chi connectivity index (χ0n) is 11.1. The summed E-state index contributed by atoms with van der Waals surface area (Å²) < 4.78 is 14.9. The van der Waals surface area contributed by atoms with Crippen LogP contribution in [0.25, 0.3) is 10.9 Å². The topological polar surface area (TPSA) is 50.9 Å². The first-order chi connectivity index (χ1) is 10.2. The van der Waals surface area contributed by atoms with Gasteiger partial charge in [0.25, 0.3) is 0 Å². The molecule has 0 saturated heterocycles. The highest BCUT2D eigenvalue weighted by molar-refractivity contribution is 9.10. The number of hydrazine groups is 1. The summed E-state index contributed by atoms with van der Waals surface area (Å²) >= 11 is 3.36. The molecular weight excluding hydrogens is 333 g/mol. The second-order valence-corrected chi connectivity index (χ2v) is 5.64. The van der Waals surface area contributed by atoms with E-state index in [0.29, 0.717) is 5.56 Å². The molecule has 0 radical (unpaired) electrons. The van der Waals surface area contributed by atoms with Crippen LogP contribution in [0.2, 0.25) is 0 Å². The highest BCUT2D eigenvalue weighted by Crippen LogP contribution is 2.28. The Hall–Kier alpha value is -1.82. The molecule has 0 bridgehead atoms. The fourth-order valence-corrected chi connectivity index (χ4v) is 2.74. The number of benzene rings is 2. The zero-order valence-corrected chi connectivity index (χ0v) is 12.6. The average Bonchev–Trinajstić information content (AvgIpc) is 2.51. The molecule has 1 aromatic heterocycles. The number of nitrogens with one attached hydrogen (secondary N) is 1. The van der Waals surface area contributed by atoms with Gasteiger partial charge in [0, 0.05) is 21.6 Å². The largest absolute Gasteiger partial charge is 0.271 e. The molecule has 3 N–H and O–H groups in total. The van der Waals surface area contributed by atoms with Crippen LogP contribution in [0.4, 0.5) is 4.39 Å². The van der Waals surface area contributed by atoms with E-state index in [1.165, 1.54) is 6.07 Å². The van der Waals surface area contributed by atoms with Gasteiger partial charge in [-0.05, 0) is 35.9 Å². The van der Waals surface area contributed by atoms with Crippen LogP contribution in [0.3, 0.4) is 0 Å². The van der Waals surface area contributed by atoms with Crippen LogP contribution in [0, 0.1) is 5.82 Å². The van der Waals surface area contributed by atoms with Gasteiger partial charge in [-0.2, -0.15) is 0 Å². The Kier molecular flexibility index (Phi) is 3.96. The van der Waals surface area contributed by atoms with Gasteiger partial charge in [0.05, 0.1) is 11.6 Å². The molecule has 0 fully saturated rings. The SMILES string of the molecule is NNC(c1ccc2cccnc2c1)c1cc(Br)ccc1F. The summed E-state index contributed by atoms with van der Waals surface area (Å²) in [6, 6.07) is 14.0. The second-order valence-electron chi connectivity index (χ2n) is 4.72. The summed E-state index contributed by atoms with van der Waals surface area (Å²) in [5, 5.41) is 1.03. The third kappa shape index (κ3) is 2.81. The van der Waals surface area contributed by atoms with E-state index >= 15 is 0 Å². The number of nitrogens with zero attached hydrogens (tertiary/aromatic N) is 1. The van der Waals surface area contributed by atoms with Crippen molar-refractivity contribution in [3.8, 4) is 0 Å². The maximum atomic E-state index is 14.1. The van der Waals surface area contributed by atoms with Crippen molar-refractivity contribution in [3.63, 3.8) is 0 Å². The van der Waals surface area contributed by atoms with E-state index in [4.69, 9.17) is 5.84 Å². The van der Waals surface area contributed by atoms with Crippen molar-refractivity contribution in [2.75, 3.05) is 0 Å². The van der Waals surface area contributed by atoms with Crippen molar-refractivity contribution < 1.29 is 4.39 Å². The molecule has 0 spiro atoms. The number of rotatable bonds is 3. The van der Waals surface area contributed by atoms with Crippen LogP contribution in [-0.4, -0.2) is 4.98 Å². The lowest BCUT2D eigenvalue weighted by atomic mass is 9.97. The summed E-state index contributed by atoms with van der Waals surface area (Å²) in [5.74, 6) is 5.34. The molecule has 106 valence electrons. The number of aromatic nitrogens is 1. The number of fused-ring (bicyclic) bond motifs is 1. The van der Waals surface area contributed by atoms with Gasteiger partial charge in [-0.1, -0.05) is 34.1 Å². The Balaban J connectivity index is 2.11. The zero-order chi connectivity index (χ0) is 14.8. The molecular formula is C16H13BrFN3. The van der Waals surface area contributed by atoms with Crippen LogP contribution in [0.15, 0.2) is 59.2 Å². The minimum absolute atomic E-state index is 0.303. The Morgan fingerprint density at radius 1 is 1.14 bits per heavy atom. The first kappa shape index (κ1) is 14.1. The fourth-order valence-electron chi connectivity index (χ4n) is 2.36. The van der Waals surface area contributed by atoms with Crippen molar-refractivity contribution in [3.05, 3.63) is 76.1 Å². The summed E-state index contributed by atoms with van der Waals surface area (Å²) in [5.41, 5.74) is 4.88. The molecule has 1 heterocycles. The molecule has 1 atom stereocenters. The number of hydrogen-bond donors (Lipinski definition) is 2. The predicted molar refractivity (Wildman–Crippen MR) is 85.0 cm³/mol. The van der Waals surface area contributed by atoms with E-state index in [0.717, 1.165) is 20.9 Å². The number of pyridine rings is 1. The summed E-state index contributed by atoms with van der Waals surface area (Å²) in [6.07, 6.45) is 1.73. The highest BCUT2D eigenvalue weighted by atomic mass is 79.9. The fraction of sp³-hybridized carbons (Fsp3) is 0.0625. The Labute approximate surface area is 130 Å². The van der Waals surface area contributed by atoms with Gasteiger partial charge in [0.1, 0.15) is 5.82 Å². The van der Waals surface area contributed by atoms with Crippen LogP contribution in [0.1, 0.15) is 17.2 Å². The van der Waals surface area contributed by atoms with Crippen molar-refractivity contribution in [1.82, 2.24) is 10.4 Å². The standard InChI is InChI=1S/C16H13BrFN3/c17-12-5-6-14(18)13(9-12)16(21-19)11-4-3-10-2-1-7-20-15(10)8-11/h1-9,16,21H,19H2. The molecule has 2 aromatic carbocycles. The smallest absolute Gasteiger partial charge is 0.128 e. The van der Waals surface area contributed by atoms with Gasteiger partial charge in [-0.25, -0.2) is 9.82 Å². The minimum atomic E-state index is -0.436. The van der Waals surface area contributed by atoms with E-state index in [1.54, 1.807) is 18.3 Å².